The summed E-state index contributed by atoms with van der Waals surface area (Å²) in [5.41, 5.74) is -0.771. The number of nitrogens with one attached hydrogen (secondary N) is 1. The molecule has 0 heterocycles. The fourth-order valence-corrected chi connectivity index (χ4v) is 1.18. The van der Waals surface area contributed by atoms with Gasteiger partial charge in [0.25, 0.3) is 0 Å². The molecule has 0 bridgehead atoms. The molecule has 0 aliphatic rings. The monoisotopic (exact) mass is 233 g/mol. The van der Waals surface area contributed by atoms with Gasteiger partial charge < -0.3 is 5.32 Å². The van der Waals surface area contributed by atoms with Gasteiger partial charge in [-0.25, -0.2) is 4.39 Å². The Balaban J connectivity index is 2.79. The van der Waals surface area contributed by atoms with Gasteiger partial charge in [-0.05, 0) is 12.1 Å². The Morgan fingerprint density at radius 2 is 2.00 bits per heavy atom. The van der Waals surface area contributed by atoms with Gasteiger partial charge in [0, 0.05) is 18.7 Å². The van der Waals surface area contributed by atoms with Crippen molar-refractivity contribution < 1.29 is 17.6 Å². The topological polar surface area (TPSA) is 12.0 Å². The van der Waals surface area contributed by atoms with Crippen molar-refractivity contribution in [2.75, 3.05) is 6.54 Å². The summed E-state index contributed by atoms with van der Waals surface area (Å²) in [6.07, 6.45) is -2.92. The highest BCUT2D eigenvalue weighted by molar-refractivity contribution is 5.26. The first kappa shape index (κ1) is 12.7. The Labute approximate surface area is 90.8 Å². The molecule has 16 heavy (non-hydrogen) atoms. The summed E-state index contributed by atoms with van der Waals surface area (Å²) in [6, 6.07) is 2.51. The molecule has 0 atom stereocenters. The summed E-state index contributed by atoms with van der Waals surface area (Å²) in [4.78, 5) is 0. The lowest BCUT2D eigenvalue weighted by Crippen LogP contribution is -2.14. The molecule has 0 radical (unpaired) electrons. The van der Waals surface area contributed by atoms with Crippen LogP contribution in [0.1, 0.15) is 11.1 Å². The molecule has 0 spiro atoms. The van der Waals surface area contributed by atoms with E-state index in [0.717, 1.165) is 12.1 Å². The summed E-state index contributed by atoms with van der Waals surface area (Å²) in [5, 5.41) is 2.81. The van der Waals surface area contributed by atoms with Gasteiger partial charge in [-0.1, -0.05) is 12.1 Å². The Morgan fingerprint density at radius 1 is 1.31 bits per heavy atom. The molecule has 1 N–H and O–H groups in total. The highest BCUT2D eigenvalue weighted by Gasteiger charge is 2.31. The third-order valence-electron chi connectivity index (χ3n) is 1.98. The molecular weight excluding hydrogens is 222 g/mol. The molecule has 0 aromatic heterocycles. The number of hydrogen-bond donors (Lipinski definition) is 1. The quantitative estimate of drug-likeness (QED) is 0.478. The van der Waals surface area contributed by atoms with Crippen LogP contribution in [0, 0.1) is 5.82 Å². The van der Waals surface area contributed by atoms with Crippen molar-refractivity contribution in [2.24, 2.45) is 0 Å². The Hall–Kier alpha value is -1.36. The molecule has 0 fully saturated rings. The first-order chi connectivity index (χ1) is 7.45. The molecule has 1 rings (SSSR count). The summed E-state index contributed by atoms with van der Waals surface area (Å²) in [6.45, 7) is 4.10. The van der Waals surface area contributed by atoms with Crippen LogP contribution in [0.25, 0.3) is 0 Å². The highest BCUT2D eigenvalue weighted by Crippen LogP contribution is 2.30. The number of halogens is 4. The van der Waals surface area contributed by atoms with Gasteiger partial charge in [0.1, 0.15) is 5.82 Å². The second-order valence-corrected chi connectivity index (χ2v) is 3.22. The van der Waals surface area contributed by atoms with E-state index in [2.05, 4.69) is 11.9 Å². The largest absolute Gasteiger partial charge is 0.416 e. The van der Waals surface area contributed by atoms with E-state index < -0.39 is 17.6 Å². The van der Waals surface area contributed by atoms with Crippen LogP contribution in [0.5, 0.6) is 0 Å². The van der Waals surface area contributed by atoms with Gasteiger partial charge in [-0.3, -0.25) is 0 Å². The van der Waals surface area contributed by atoms with E-state index in [4.69, 9.17) is 0 Å². The molecule has 0 saturated heterocycles. The zero-order chi connectivity index (χ0) is 12.2. The fraction of sp³-hybridized carbons (Fsp3) is 0.273. The number of hydrogen-bond acceptors (Lipinski definition) is 1. The third-order valence-corrected chi connectivity index (χ3v) is 1.98. The maximum atomic E-state index is 13.2. The molecule has 1 aromatic rings. The van der Waals surface area contributed by atoms with Crippen molar-refractivity contribution in [3.05, 3.63) is 47.8 Å². The van der Waals surface area contributed by atoms with Gasteiger partial charge in [-0.2, -0.15) is 13.2 Å². The first-order valence-electron chi connectivity index (χ1n) is 4.62. The van der Waals surface area contributed by atoms with Crippen molar-refractivity contribution in [3.8, 4) is 0 Å². The standard InChI is InChI=1S/C11H11F4N/c1-2-5-16-7-8-3-4-9(6-10(8)12)11(13,14)15/h2-4,6,16H,1,5,7H2. The molecule has 88 valence electrons. The second-order valence-electron chi connectivity index (χ2n) is 3.22. The van der Waals surface area contributed by atoms with E-state index >= 15 is 0 Å². The van der Waals surface area contributed by atoms with Gasteiger partial charge in [0.2, 0.25) is 0 Å². The minimum Gasteiger partial charge on any atom is -0.309 e. The van der Waals surface area contributed by atoms with Gasteiger partial charge >= 0.3 is 6.18 Å². The van der Waals surface area contributed by atoms with E-state index in [1.807, 2.05) is 0 Å². The average molecular weight is 233 g/mol. The lowest BCUT2D eigenvalue weighted by molar-refractivity contribution is -0.137. The summed E-state index contributed by atoms with van der Waals surface area (Å²) < 4.78 is 49.9. The normalized spacial score (nSPS) is 11.5. The lowest BCUT2D eigenvalue weighted by Gasteiger charge is -2.09. The minimum atomic E-state index is -4.51. The molecule has 0 unspecified atom stereocenters. The predicted octanol–water partition coefficient (Wildman–Crippen LogP) is 3.12. The van der Waals surface area contributed by atoms with E-state index in [1.165, 1.54) is 0 Å². The zero-order valence-corrected chi connectivity index (χ0v) is 8.44. The molecule has 0 amide bonds. The van der Waals surface area contributed by atoms with Crippen molar-refractivity contribution in [1.82, 2.24) is 5.32 Å². The molecule has 0 aliphatic carbocycles. The predicted molar refractivity (Wildman–Crippen MR) is 53.3 cm³/mol. The van der Waals surface area contributed by atoms with E-state index in [9.17, 15) is 17.6 Å². The molecule has 0 aliphatic heterocycles. The van der Waals surface area contributed by atoms with Crippen molar-refractivity contribution in [1.29, 1.82) is 0 Å². The fourth-order valence-electron chi connectivity index (χ4n) is 1.18. The van der Waals surface area contributed by atoms with E-state index in [0.29, 0.717) is 12.6 Å². The molecule has 0 saturated carbocycles. The van der Waals surface area contributed by atoms with Gasteiger partial charge in [0.05, 0.1) is 5.56 Å². The average Bonchev–Trinajstić information content (AvgIpc) is 2.19. The lowest BCUT2D eigenvalue weighted by atomic mass is 10.1. The summed E-state index contributed by atoms with van der Waals surface area (Å²) >= 11 is 0. The highest BCUT2D eigenvalue weighted by atomic mass is 19.4. The van der Waals surface area contributed by atoms with Crippen molar-refractivity contribution >= 4 is 0 Å². The molecular formula is C11H11F4N. The third kappa shape index (κ3) is 3.34. The van der Waals surface area contributed by atoms with E-state index in [1.54, 1.807) is 6.08 Å². The van der Waals surface area contributed by atoms with Gasteiger partial charge in [-0.15, -0.1) is 6.58 Å². The van der Waals surface area contributed by atoms with Crippen LogP contribution in [0.4, 0.5) is 17.6 Å². The summed E-state index contributed by atoms with van der Waals surface area (Å²) in [7, 11) is 0. The van der Waals surface area contributed by atoms with E-state index in [-0.39, 0.29) is 12.1 Å². The zero-order valence-electron chi connectivity index (χ0n) is 8.44. The van der Waals surface area contributed by atoms with Crippen LogP contribution >= 0.6 is 0 Å². The van der Waals surface area contributed by atoms with Crippen molar-refractivity contribution in [2.45, 2.75) is 12.7 Å². The maximum Gasteiger partial charge on any atom is 0.416 e. The first-order valence-corrected chi connectivity index (χ1v) is 4.62. The molecule has 1 aromatic carbocycles. The minimum absolute atomic E-state index is 0.177. The number of benzene rings is 1. The number of alkyl halides is 3. The van der Waals surface area contributed by atoms with Crippen LogP contribution in [-0.2, 0) is 12.7 Å². The second kappa shape index (κ2) is 5.12. The van der Waals surface area contributed by atoms with Gasteiger partial charge in [0.15, 0.2) is 0 Å². The Kier molecular flexibility index (Phi) is 4.06. The maximum absolute atomic E-state index is 13.2. The summed E-state index contributed by atoms with van der Waals surface area (Å²) in [5.74, 6) is -0.855. The van der Waals surface area contributed by atoms with Crippen LogP contribution in [0.15, 0.2) is 30.9 Å². The smallest absolute Gasteiger partial charge is 0.309 e. The molecule has 1 nitrogen and oxygen atoms in total. The number of rotatable bonds is 4. The Bertz CT molecular complexity index is 371. The molecule has 5 heteroatoms. The van der Waals surface area contributed by atoms with Crippen LogP contribution < -0.4 is 5.32 Å². The SMILES string of the molecule is C=CCNCc1ccc(C(F)(F)F)cc1F. The van der Waals surface area contributed by atoms with Crippen LogP contribution in [0.3, 0.4) is 0 Å². The van der Waals surface area contributed by atoms with Crippen LogP contribution in [-0.4, -0.2) is 6.54 Å². The van der Waals surface area contributed by atoms with Crippen molar-refractivity contribution in [3.63, 3.8) is 0 Å². The van der Waals surface area contributed by atoms with Crippen LogP contribution in [0.2, 0.25) is 0 Å². The Morgan fingerprint density at radius 3 is 2.50 bits per heavy atom.